The molecule has 0 aliphatic rings. The van der Waals surface area contributed by atoms with Crippen molar-refractivity contribution in [3.8, 4) is 0 Å². The monoisotopic (exact) mass is 249 g/mol. The first-order valence-corrected chi connectivity index (χ1v) is 5.72. The van der Waals surface area contributed by atoms with Gasteiger partial charge in [-0.25, -0.2) is 4.79 Å². The lowest BCUT2D eigenvalue weighted by Gasteiger charge is -2.34. The van der Waals surface area contributed by atoms with E-state index in [1.54, 1.807) is 14.1 Å². The molecule has 0 fully saturated rings. The summed E-state index contributed by atoms with van der Waals surface area (Å²) in [5, 5.41) is 13.8. The fraction of sp³-hybridized carbons (Fsp3) is 0.417. The van der Waals surface area contributed by atoms with E-state index in [4.69, 9.17) is 0 Å². The minimum absolute atomic E-state index is 0.0181. The predicted octanol–water partition coefficient (Wildman–Crippen LogP) is 1.18. The van der Waals surface area contributed by atoms with E-state index in [1.807, 2.05) is 26.0 Å². The summed E-state index contributed by atoms with van der Waals surface area (Å²) in [6.45, 7) is 3.89. The fourth-order valence-electron chi connectivity index (χ4n) is 2.08. The Morgan fingerprint density at radius 3 is 2.61 bits per heavy atom. The molecule has 1 aromatic carbocycles. The molecular formula is C12H17N4O2-. The van der Waals surface area contributed by atoms with Crippen molar-refractivity contribution in [2.75, 3.05) is 14.1 Å². The predicted molar refractivity (Wildman–Crippen MR) is 70.9 cm³/mol. The number of hydrazine groups is 1. The van der Waals surface area contributed by atoms with E-state index in [0.29, 0.717) is 0 Å². The summed E-state index contributed by atoms with van der Waals surface area (Å²) in [7, 11) is 3.29. The van der Waals surface area contributed by atoms with Gasteiger partial charge in [0.05, 0.1) is 17.7 Å². The van der Waals surface area contributed by atoms with Crippen LogP contribution < -0.4 is 5.69 Å². The molecule has 0 saturated heterocycles. The maximum atomic E-state index is 11.9. The number of hydrogen-bond acceptors (Lipinski definition) is 4. The third-order valence-corrected chi connectivity index (χ3v) is 2.91. The SMILES string of the molecule is Cc1cc(C)c2c(c1)[nH]c(=O)n2CN([O-])N(C)C. The largest absolute Gasteiger partial charge is 0.770 e. The van der Waals surface area contributed by atoms with Gasteiger partial charge in [0, 0.05) is 14.1 Å². The first-order valence-electron chi connectivity index (χ1n) is 5.72. The number of hydroxylamine groups is 1. The van der Waals surface area contributed by atoms with Gasteiger partial charge >= 0.3 is 5.69 Å². The van der Waals surface area contributed by atoms with E-state index in [0.717, 1.165) is 27.3 Å². The van der Waals surface area contributed by atoms with Crippen LogP contribution in [0.3, 0.4) is 0 Å². The summed E-state index contributed by atoms with van der Waals surface area (Å²) in [5.41, 5.74) is 3.36. The number of nitrogens with zero attached hydrogens (tertiary/aromatic N) is 3. The van der Waals surface area contributed by atoms with E-state index in [9.17, 15) is 10.0 Å². The summed E-state index contributed by atoms with van der Waals surface area (Å²) in [6.07, 6.45) is 0. The Labute approximate surface area is 105 Å². The molecule has 18 heavy (non-hydrogen) atoms. The Kier molecular flexibility index (Phi) is 3.25. The summed E-state index contributed by atoms with van der Waals surface area (Å²) >= 11 is 0. The molecule has 2 aromatic rings. The molecule has 0 unspecified atom stereocenters. The number of fused-ring (bicyclic) bond motifs is 1. The number of aryl methyl sites for hydroxylation is 2. The third-order valence-electron chi connectivity index (χ3n) is 2.91. The van der Waals surface area contributed by atoms with Crippen LogP contribution in [0.1, 0.15) is 11.1 Å². The number of aromatic amines is 1. The first kappa shape index (κ1) is 12.8. The van der Waals surface area contributed by atoms with Gasteiger partial charge in [-0.1, -0.05) is 6.07 Å². The van der Waals surface area contributed by atoms with Gasteiger partial charge in [0.15, 0.2) is 0 Å². The van der Waals surface area contributed by atoms with Crippen molar-refractivity contribution in [3.05, 3.63) is 39.0 Å². The molecule has 0 spiro atoms. The minimum atomic E-state index is -0.263. The van der Waals surface area contributed by atoms with Crippen molar-refractivity contribution in [2.45, 2.75) is 20.5 Å². The maximum Gasteiger partial charge on any atom is 0.327 e. The molecule has 1 heterocycles. The van der Waals surface area contributed by atoms with E-state index >= 15 is 0 Å². The summed E-state index contributed by atoms with van der Waals surface area (Å²) in [5.74, 6) is 0. The van der Waals surface area contributed by atoms with Crippen LogP contribution in [-0.4, -0.2) is 33.8 Å². The van der Waals surface area contributed by atoms with Gasteiger partial charge in [0.25, 0.3) is 0 Å². The molecule has 98 valence electrons. The van der Waals surface area contributed by atoms with E-state index < -0.39 is 0 Å². The number of rotatable bonds is 3. The number of H-pyrrole nitrogens is 1. The highest BCUT2D eigenvalue weighted by Crippen LogP contribution is 2.18. The van der Waals surface area contributed by atoms with Gasteiger partial charge in [-0.15, -0.1) is 0 Å². The molecule has 0 amide bonds. The van der Waals surface area contributed by atoms with Gasteiger partial charge in [-0.2, -0.15) is 0 Å². The lowest BCUT2D eigenvalue weighted by atomic mass is 10.1. The highest BCUT2D eigenvalue weighted by atomic mass is 16.5. The van der Waals surface area contributed by atoms with Crippen LogP contribution in [0.5, 0.6) is 0 Å². The Balaban J connectivity index is 2.57. The normalized spacial score (nSPS) is 11.9. The molecule has 0 aliphatic heterocycles. The van der Waals surface area contributed by atoms with Crippen LogP contribution in [0.15, 0.2) is 16.9 Å². The highest BCUT2D eigenvalue weighted by Gasteiger charge is 2.10. The zero-order valence-corrected chi connectivity index (χ0v) is 11.0. The Morgan fingerprint density at radius 2 is 2.00 bits per heavy atom. The van der Waals surface area contributed by atoms with Gasteiger partial charge in [-0.05, 0) is 31.0 Å². The Hall–Kier alpha value is -1.63. The number of imidazole rings is 1. The molecule has 6 nitrogen and oxygen atoms in total. The molecule has 1 aromatic heterocycles. The third kappa shape index (κ3) is 2.17. The maximum absolute atomic E-state index is 11.9. The lowest BCUT2D eigenvalue weighted by molar-refractivity contribution is 0.0498. The van der Waals surface area contributed by atoms with Crippen molar-refractivity contribution < 1.29 is 0 Å². The first-order chi connectivity index (χ1) is 8.40. The zero-order valence-electron chi connectivity index (χ0n) is 11.0. The van der Waals surface area contributed by atoms with Crippen LogP contribution in [0.25, 0.3) is 11.0 Å². The molecule has 0 bridgehead atoms. The minimum Gasteiger partial charge on any atom is -0.770 e. The van der Waals surface area contributed by atoms with E-state index in [1.165, 1.54) is 9.58 Å². The Bertz CT molecular complexity index is 627. The number of benzene rings is 1. The molecule has 0 radical (unpaired) electrons. The molecule has 1 N–H and O–H groups in total. The molecule has 6 heteroatoms. The van der Waals surface area contributed by atoms with Crippen LogP contribution in [0, 0.1) is 19.1 Å². The van der Waals surface area contributed by atoms with Crippen molar-refractivity contribution in [2.24, 2.45) is 0 Å². The van der Waals surface area contributed by atoms with Crippen molar-refractivity contribution >= 4 is 11.0 Å². The topological polar surface area (TPSA) is 67.3 Å². The summed E-state index contributed by atoms with van der Waals surface area (Å²) in [4.78, 5) is 14.7. The average molecular weight is 249 g/mol. The molecular weight excluding hydrogens is 232 g/mol. The second-order valence-electron chi connectivity index (χ2n) is 4.68. The van der Waals surface area contributed by atoms with Crippen LogP contribution in [0.4, 0.5) is 0 Å². The fourth-order valence-corrected chi connectivity index (χ4v) is 2.08. The number of hydrogen-bond donors (Lipinski definition) is 1. The van der Waals surface area contributed by atoms with Gasteiger partial charge in [0.2, 0.25) is 0 Å². The van der Waals surface area contributed by atoms with Crippen molar-refractivity contribution in [1.82, 2.24) is 19.7 Å². The van der Waals surface area contributed by atoms with Crippen molar-refractivity contribution in [1.29, 1.82) is 0 Å². The second kappa shape index (κ2) is 4.56. The number of aromatic nitrogens is 2. The Morgan fingerprint density at radius 1 is 1.33 bits per heavy atom. The van der Waals surface area contributed by atoms with Crippen molar-refractivity contribution in [3.63, 3.8) is 0 Å². The smallest absolute Gasteiger partial charge is 0.327 e. The molecule has 2 rings (SSSR count). The molecule has 0 aliphatic carbocycles. The zero-order chi connectivity index (χ0) is 13.4. The quantitative estimate of drug-likeness (QED) is 0.829. The number of nitrogens with one attached hydrogen (secondary N) is 1. The molecule has 0 atom stereocenters. The molecule has 0 saturated carbocycles. The van der Waals surface area contributed by atoms with Crippen LogP contribution >= 0.6 is 0 Å². The summed E-state index contributed by atoms with van der Waals surface area (Å²) < 4.78 is 1.46. The second-order valence-corrected chi connectivity index (χ2v) is 4.68. The lowest BCUT2D eigenvalue weighted by Crippen LogP contribution is -2.36. The van der Waals surface area contributed by atoms with E-state index in [2.05, 4.69) is 4.98 Å². The van der Waals surface area contributed by atoms with Crippen LogP contribution in [-0.2, 0) is 6.67 Å². The van der Waals surface area contributed by atoms with Gasteiger partial charge in [-0.3, -0.25) is 9.58 Å². The average Bonchev–Trinajstić information content (AvgIpc) is 2.54. The summed E-state index contributed by atoms with van der Waals surface area (Å²) in [6, 6.07) is 3.90. The van der Waals surface area contributed by atoms with Gasteiger partial charge in [0.1, 0.15) is 0 Å². The highest BCUT2D eigenvalue weighted by molar-refractivity contribution is 5.79. The van der Waals surface area contributed by atoms with Crippen LogP contribution in [0.2, 0.25) is 0 Å². The van der Waals surface area contributed by atoms with E-state index in [-0.39, 0.29) is 12.4 Å². The standard InChI is InChI=1S/C12H17N4O2/c1-8-5-9(2)11-10(6-8)13-12(17)15(11)7-16(18)14(3)4/h5-6H,7H2,1-4H3,(H,13,17)/q-1. The van der Waals surface area contributed by atoms with Gasteiger partial charge < -0.3 is 15.4 Å².